The topological polar surface area (TPSA) is 67.5 Å². The van der Waals surface area contributed by atoms with Gasteiger partial charge in [-0.3, -0.25) is 4.79 Å². The van der Waals surface area contributed by atoms with Gasteiger partial charge in [0, 0.05) is 12.0 Å². The molecule has 0 aliphatic heterocycles. The van der Waals surface area contributed by atoms with Gasteiger partial charge < -0.3 is 9.52 Å². The number of ketones is 1. The van der Waals surface area contributed by atoms with Crippen LogP contribution < -0.4 is 5.63 Å². The lowest BCUT2D eigenvalue weighted by atomic mass is 10.1. The van der Waals surface area contributed by atoms with E-state index >= 15 is 0 Å². The Morgan fingerprint density at radius 3 is 2.56 bits per heavy atom. The fraction of sp³-hybridized carbons (Fsp3) is 0.455. The molecular formula is C11H9F3O4. The van der Waals surface area contributed by atoms with E-state index in [9.17, 15) is 27.9 Å². The van der Waals surface area contributed by atoms with E-state index < -0.39 is 40.7 Å². The molecule has 2 rings (SSSR count). The molecule has 0 aromatic carbocycles. The predicted octanol–water partition coefficient (Wildman–Crippen LogP) is 2.03. The Hall–Kier alpha value is -1.79. The standard InChI is InChI=1S/C11H9F3O4/c1-4-2-7(15)8(10(17)18-4)9(16)5-3-6(5)11(12,13)14/h2,5-6,15H,3H2,1H3/t5-,6-/m0/s1. The van der Waals surface area contributed by atoms with Gasteiger partial charge in [0.05, 0.1) is 5.92 Å². The summed E-state index contributed by atoms with van der Waals surface area (Å²) < 4.78 is 41.5. The van der Waals surface area contributed by atoms with Crippen LogP contribution in [0.2, 0.25) is 0 Å². The molecule has 0 spiro atoms. The second-order valence-electron chi connectivity index (χ2n) is 4.26. The minimum atomic E-state index is -4.46. The van der Waals surface area contributed by atoms with Crippen LogP contribution in [0.15, 0.2) is 15.3 Å². The van der Waals surface area contributed by atoms with Gasteiger partial charge in [0.2, 0.25) is 0 Å². The van der Waals surface area contributed by atoms with Crippen LogP contribution >= 0.6 is 0 Å². The Balaban J connectivity index is 2.30. The van der Waals surface area contributed by atoms with E-state index in [1.165, 1.54) is 6.92 Å². The van der Waals surface area contributed by atoms with Crippen LogP contribution in [0, 0.1) is 18.8 Å². The first-order valence-corrected chi connectivity index (χ1v) is 5.16. The van der Waals surface area contributed by atoms with Gasteiger partial charge in [0.1, 0.15) is 17.1 Å². The molecule has 1 heterocycles. The van der Waals surface area contributed by atoms with Gasteiger partial charge in [-0.2, -0.15) is 13.2 Å². The summed E-state index contributed by atoms with van der Waals surface area (Å²) in [5.41, 5.74) is -1.80. The third-order valence-electron chi connectivity index (χ3n) is 2.85. The van der Waals surface area contributed by atoms with Crippen molar-refractivity contribution in [2.24, 2.45) is 11.8 Å². The number of carbonyl (C=O) groups is 1. The molecule has 1 fully saturated rings. The molecule has 0 unspecified atom stereocenters. The van der Waals surface area contributed by atoms with Gasteiger partial charge in [-0.25, -0.2) is 4.79 Å². The van der Waals surface area contributed by atoms with Crippen LogP contribution in [0.3, 0.4) is 0 Å². The van der Waals surface area contributed by atoms with Gasteiger partial charge in [-0.1, -0.05) is 0 Å². The number of carbonyl (C=O) groups excluding carboxylic acids is 1. The van der Waals surface area contributed by atoms with Crippen molar-refractivity contribution in [2.75, 3.05) is 0 Å². The number of aryl methyl sites for hydroxylation is 1. The van der Waals surface area contributed by atoms with Gasteiger partial charge >= 0.3 is 11.8 Å². The highest BCUT2D eigenvalue weighted by Crippen LogP contribution is 2.51. The molecule has 18 heavy (non-hydrogen) atoms. The normalized spacial score (nSPS) is 22.9. The zero-order chi connectivity index (χ0) is 13.7. The average molecular weight is 262 g/mol. The number of Topliss-reactive ketones (excluding diaryl/α,β-unsaturated/α-hetero) is 1. The molecule has 1 aliphatic rings. The van der Waals surface area contributed by atoms with Crippen LogP contribution in [-0.2, 0) is 0 Å². The van der Waals surface area contributed by atoms with E-state index in [1.54, 1.807) is 0 Å². The summed E-state index contributed by atoms with van der Waals surface area (Å²) in [6, 6.07) is 1.03. The molecule has 0 bridgehead atoms. The Bertz CT molecular complexity index is 558. The van der Waals surface area contributed by atoms with E-state index in [0.717, 1.165) is 6.07 Å². The largest absolute Gasteiger partial charge is 0.507 e. The van der Waals surface area contributed by atoms with Crippen LogP contribution in [0.4, 0.5) is 13.2 Å². The minimum absolute atomic E-state index is 0.0808. The molecule has 1 saturated carbocycles. The smallest absolute Gasteiger partial charge is 0.392 e. The van der Waals surface area contributed by atoms with Gasteiger partial charge in [0.15, 0.2) is 5.78 Å². The molecule has 1 aromatic heterocycles. The van der Waals surface area contributed by atoms with Crippen molar-refractivity contribution in [3.05, 3.63) is 27.8 Å². The summed E-state index contributed by atoms with van der Waals surface area (Å²) in [7, 11) is 0. The molecule has 0 radical (unpaired) electrons. The number of alkyl halides is 3. The van der Waals surface area contributed by atoms with E-state index in [2.05, 4.69) is 4.42 Å². The zero-order valence-corrected chi connectivity index (χ0v) is 9.25. The maximum atomic E-state index is 12.3. The fourth-order valence-electron chi connectivity index (χ4n) is 1.85. The molecule has 4 nitrogen and oxygen atoms in total. The minimum Gasteiger partial charge on any atom is -0.507 e. The number of halogens is 3. The van der Waals surface area contributed by atoms with Gasteiger partial charge in [-0.15, -0.1) is 0 Å². The summed E-state index contributed by atoms with van der Waals surface area (Å²) in [6.45, 7) is 1.38. The lowest BCUT2D eigenvalue weighted by Gasteiger charge is -2.05. The first-order valence-electron chi connectivity index (χ1n) is 5.16. The number of hydrogen-bond donors (Lipinski definition) is 1. The third kappa shape index (κ3) is 2.12. The molecule has 0 amide bonds. The van der Waals surface area contributed by atoms with Crippen molar-refractivity contribution in [1.82, 2.24) is 0 Å². The van der Waals surface area contributed by atoms with Gasteiger partial charge in [-0.05, 0) is 13.3 Å². The van der Waals surface area contributed by atoms with E-state index in [4.69, 9.17) is 0 Å². The van der Waals surface area contributed by atoms with Crippen molar-refractivity contribution in [2.45, 2.75) is 19.5 Å². The Labute approximate surface area is 99.0 Å². The number of hydrogen-bond acceptors (Lipinski definition) is 4. The monoisotopic (exact) mass is 262 g/mol. The summed E-state index contributed by atoms with van der Waals surface area (Å²) in [4.78, 5) is 23.1. The molecule has 1 aromatic rings. The third-order valence-corrected chi connectivity index (χ3v) is 2.85. The average Bonchev–Trinajstić information content (AvgIpc) is 2.93. The van der Waals surface area contributed by atoms with Crippen molar-refractivity contribution < 1.29 is 27.5 Å². The van der Waals surface area contributed by atoms with E-state index in [0.29, 0.717) is 0 Å². The molecule has 7 heteroatoms. The maximum Gasteiger partial charge on any atom is 0.392 e. The summed E-state index contributed by atoms with van der Waals surface area (Å²) in [6.07, 6.45) is -4.81. The van der Waals surface area contributed by atoms with Crippen molar-refractivity contribution in [3.63, 3.8) is 0 Å². The van der Waals surface area contributed by atoms with Crippen LogP contribution in [-0.4, -0.2) is 17.1 Å². The number of aromatic hydroxyl groups is 1. The van der Waals surface area contributed by atoms with E-state index in [-0.39, 0.29) is 12.2 Å². The highest BCUT2D eigenvalue weighted by molar-refractivity contribution is 6.01. The summed E-state index contributed by atoms with van der Waals surface area (Å²) in [5, 5.41) is 9.45. The zero-order valence-electron chi connectivity index (χ0n) is 9.25. The predicted molar refractivity (Wildman–Crippen MR) is 53.4 cm³/mol. The molecular weight excluding hydrogens is 253 g/mol. The SMILES string of the molecule is Cc1cc(O)c(C(=O)[C@H]2C[C@@H]2C(F)(F)F)c(=O)o1. The van der Waals surface area contributed by atoms with E-state index in [1.807, 2.05) is 0 Å². The molecule has 1 aliphatic carbocycles. The van der Waals surface area contributed by atoms with Gasteiger partial charge in [0.25, 0.3) is 0 Å². The lowest BCUT2D eigenvalue weighted by molar-refractivity contribution is -0.149. The summed E-state index contributed by atoms with van der Waals surface area (Å²) in [5.74, 6) is -4.59. The molecule has 1 N–H and O–H groups in total. The molecule has 2 atom stereocenters. The second-order valence-corrected chi connectivity index (χ2v) is 4.26. The van der Waals surface area contributed by atoms with Crippen molar-refractivity contribution in [1.29, 1.82) is 0 Å². The Morgan fingerprint density at radius 2 is 2.11 bits per heavy atom. The summed E-state index contributed by atoms with van der Waals surface area (Å²) >= 11 is 0. The van der Waals surface area contributed by atoms with Crippen molar-refractivity contribution in [3.8, 4) is 5.75 Å². The second kappa shape index (κ2) is 3.86. The lowest BCUT2D eigenvalue weighted by Crippen LogP contribution is -2.20. The highest BCUT2D eigenvalue weighted by Gasteiger charge is 2.59. The Morgan fingerprint density at radius 1 is 1.50 bits per heavy atom. The maximum absolute atomic E-state index is 12.3. The van der Waals surface area contributed by atoms with Crippen LogP contribution in [0.25, 0.3) is 0 Å². The molecule has 0 saturated heterocycles. The Kier molecular flexibility index (Phi) is 2.71. The first kappa shape index (κ1) is 12.7. The highest BCUT2D eigenvalue weighted by atomic mass is 19.4. The quantitative estimate of drug-likeness (QED) is 0.828. The van der Waals surface area contributed by atoms with Crippen molar-refractivity contribution >= 4 is 5.78 Å². The first-order chi connectivity index (χ1) is 8.21. The fourth-order valence-corrected chi connectivity index (χ4v) is 1.85. The molecule has 98 valence electrons. The number of rotatable bonds is 2. The van der Waals surface area contributed by atoms with Crippen LogP contribution in [0.1, 0.15) is 22.5 Å². The van der Waals surface area contributed by atoms with Crippen LogP contribution in [0.5, 0.6) is 5.75 Å².